The van der Waals surface area contributed by atoms with Crippen molar-refractivity contribution in [1.29, 1.82) is 0 Å². The Morgan fingerprint density at radius 1 is 1.61 bits per heavy atom. The molecule has 0 unspecified atom stereocenters. The molecule has 2 aromatic heterocycles. The predicted octanol–water partition coefficient (Wildman–Crippen LogP) is 3.28. The van der Waals surface area contributed by atoms with Crippen LogP contribution in [-0.4, -0.2) is 29.9 Å². The van der Waals surface area contributed by atoms with Gasteiger partial charge in [0, 0.05) is 28.8 Å². The summed E-state index contributed by atoms with van der Waals surface area (Å²) in [7, 11) is 3.59. The minimum absolute atomic E-state index is 0.00137. The number of rotatable bonds is 4. The van der Waals surface area contributed by atoms with Crippen molar-refractivity contribution in [3.05, 3.63) is 31.9 Å². The summed E-state index contributed by atoms with van der Waals surface area (Å²) in [5, 5.41) is 5.70. The molecule has 0 aliphatic rings. The molecule has 1 amide bonds. The van der Waals surface area contributed by atoms with Gasteiger partial charge in [0.2, 0.25) is 0 Å². The maximum atomic E-state index is 12.1. The third-order valence-electron chi connectivity index (χ3n) is 2.29. The van der Waals surface area contributed by atoms with E-state index in [1.807, 2.05) is 11.4 Å². The topological polar surface area (TPSA) is 45.2 Å². The van der Waals surface area contributed by atoms with E-state index in [0.717, 1.165) is 14.5 Å². The van der Waals surface area contributed by atoms with Crippen molar-refractivity contribution in [2.24, 2.45) is 0 Å². The van der Waals surface area contributed by atoms with Crippen molar-refractivity contribution < 1.29 is 4.79 Å². The number of thiazole rings is 1. The first-order chi connectivity index (χ1) is 8.60. The maximum absolute atomic E-state index is 12.1. The molecule has 0 aliphatic heterocycles. The van der Waals surface area contributed by atoms with Crippen molar-refractivity contribution in [3.8, 4) is 0 Å². The van der Waals surface area contributed by atoms with Gasteiger partial charge in [0.15, 0.2) is 5.13 Å². The van der Waals surface area contributed by atoms with Crippen LogP contribution in [0.5, 0.6) is 0 Å². The summed E-state index contributed by atoms with van der Waals surface area (Å²) in [4.78, 5) is 19.8. The molecule has 0 spiro atoms. The number of halogens is 1. The van der Waals surface area contributed by atoms with E-state index >= 15 is 0 Å². The normalized spacial score (nSPS) is 10.4. The van der Waals surface area contributed by atoms with Crippen LogP contribution in [0.25, 0.3) is 0 Å². The lowest BCUT2D eigenvalue weighted by molar-refractivity contribution is 0.0791. The van der Waals surface area contributed by atoms with Crippen molar-refractivity contribution in [1.82, 2.24) is 9.88 Å². The van der Waals surface area contributed by atoms with Crippen molar-refractivity contribution >= 4 is 49.6 Å². The number of carbonyl (C=O) groups is 1. The molecule has 7 heteroatoms. The van der Waals surface area contributed by atoms with E-state index in [1.165, 1.54) is 11.3 Å². The summed E-state index contributed by atoms with van der Waals surface area (Å²) in [6.45, 7) is 0.613. The van der Waals surface area contributed by atoms with Crippen LogP contribution < -0.4 is 5.32 Å². The summed E-state index contributed by atoms with van der Waals surface area (Å²) in [6.07, 6.45) is 1.61. The zero-order chi connectivity index (χ0) is 13.1. The monoisotopic (exact) mass is 345 g/mol. The van der Waals surface area contributed by atoms with Crippen LogP contribution in [0, 0.1) is 0 Å². The van der Waals surface area contributed by atoms with E-state index in [0.29, 0.717) is 11.4 Å². The third kappa shape index (κ3) is 3.09. The second kappa shape index (κ2) is 5.81. The number of nitrogens with one attached hydrogen (secondary N) is 1. The highest BCUT2D eigenvalue weighted by Crippen LogP contribution is 2.23. The van der Waals surface area contributed by atoms with Crippen LogP contribution in [0.2, 0.25) is 0 Å². The molecule has 18 heavy (non-hydrogen) atoms. The first-order valence-electron chi connectivity index (χ1n) is 5.22. The second-order valence-corrected chi connectivity index (χ2v) is 6.61. The number of hydrogen-bond donors (Lipinski definition) is 1. The van der Waals surface area contributed by atoms with Gasteiger partial charge in [-0.15, -0.1) is 11.3 Å². The molecule has 2 aromatic rings. The van der Waals surface area contributed by atoms with Gasteiger partial charge in [-0.25, -0.2) is 4.98 Å². The summed E-state index contributed by atoms with van der Waals surface area (Å²) in [5.41, 5.74) is 0. The fourth-order valence-corrected chi connectivity index (χ4v) is 3.69. The number of amides is 1. The Labute approximate surface area is 122 Å². The molecule has 2 heterocycles. The maximum Gasteiger partial charge on any atom is 0.265 e. The van der Waals surface area contributed by atoms with Gasteiger partial charge in [0.25, 0.3) is 5.91 Å². The first-order valence-corrected chi connectivity index (χ1v) is 7.71. The number of nitrogens with zero attached hydrogens (tertiary/aromatic N) is 2. The van der Waals surface area contributed by atoms with E-state index in [4.69, 9.17) is 0 Å². The summed E-state index contributed by atoms with van der Waals surface area (Å²) in [5.74, 6) is -0.00137. The quantitative estimate of drug-likeness (QED) is 0.924. The van der Waals surface area contributed by atoms with Crippen molar-refractivity contribution in [3.63, 3.8) is 0 Å². The molecule has 4 nitrogen and oxygen atoms in total. The lowest BCUT2D eigenvalue weighted by Gasteiger charge is -2.14. The molecular formula is C11H12BrN3OS2. The first kappa shape index (κ1) is 13.5. The molecule has 0 bridgehead atoms. The second-order valence-electron chi connectivity index (χ2n) is 3.67. The third-order valence-corrected chi connectivity index (χ3v) is 4.98. The highest BCUT2D eigenvalue weighted by atomic mass is 79.9. The van der Waals surface area contributed by atoms with E-state index in [-0.39, 0.29) is 5.91 Å². The standard InChI is InChI=1S/C11H12BrN3OS2/c1-13-11-14-4-9(18-11)10(16)15(2)5-8-3-7(12)6-17-8/h3-4,6H,5H2,1-2H3,(H,13,14). The van der Waals surface area contributed by atoms with Crippen molar-refractivity contribution in [2.75, 3.05) is 19.4 Å². The number of aromatic nitrogens is 1. The van der Waals surface area contributed by atoms with Crippen LogP contribution in [-0.2, 0) is 6.54 Å². The highest BCUT2D eigenvalue weighted by Gasteiger charge is 2.15. The smallest absolute Gasteiger partial charge is 0.265 e. The molecule has 0 aromatic carbocycles. The zero-order valence-corrected chi connectivity index (χ0v) is 13.2. The van der Waals surface area contributed by atoms with Gasteiger partial charge in [-0.05, 0) is 22.0 Å². The Hall–Kier alpha value is -0.920. The van der Waals surface area contributed by atoms with Gasteiger partial charge >= 0.3 is 0 Å². The fourth-order valence-electron chi connectivity index (χ4n) is 1.42. The summed E-state index contributed by atoms with van der Waals surface area (Å²) >= 11 is 6.41. The molecule has 2 rings (SSSR count). The Balaban J connectivity index is 2.04. The van der Waals surface area contributed by atoms with Gasteiger partial charge in [-0.2, -0.15) is 0 Å². The van der Waals surface area contributed by atoms with Crippen LogP contribution >= 0.6 is 38.6 Å². The van der Waals surface area contributed by atoms with E-state index in [1.54, 1.807) is 36.5 Å². The van der Waals surface area contributed by atoms with Crippen LogP contribution in [0.3, 0.4) is 0 Å². The Bertz CT molecular complexity index is 552. The molecule has 1 N–H and O–H groups in total. The molecular weight excluding hydrogens is 334 g/mol. The van der Waals surface area contributed by atoms with Gasteiger partial charge in [-0.3, -0.25) is 4.79 Å². The average Bonchev–Trinajstić information content (AvgIpc) is 2.97. The Morgan fingerprint density at radius 2 is 2.39 bits per heavy atom. The van der Waals surface area contributed by atoms with Gasteiger partial charge in [0.05, 0.1) is 12.7 Å². The van der Waals surface area contributed by atoms with E-state index < -0.39 is 0 Å². The summed E-state index contributed by atoms with van der Waals surface area (Å²) < 4.78 is 1.05. The predicted molar refractivity (Wildman–Crippen MR) is 79.5 cm³/mol. The molecule has 0 fully saturated rings. The summed E-state index contributed by atoms with van der Waals surface area (Å²) in [6, 6.07) is 2.03. The van der Waals surface area contributed by atoms with Crippen molar-refractivity contribution in [2.45, 2.75) is 6.54 Å². The Morgan fingerprint density at radius 3 is 2.94 bits per heavy atom. The number of carbonyl (C=O) groups excluding carboxylic acids is 1. The Kier molecular flexibility index (Phi) is 4.36. The van der Waals surface area contributed by atoms with Crippen LogP contribution in [0.1, 0.15) is 14.5 Å². The van der Waals surface area contributed by atoms with Gasteiger partial charge in [-0.1, -0.05) is 11.3 Å². The van der Waals surface area contributed by atoms with E-state index in [2.05, 4.69) is 26.2 Å². The highest BCUT2D eigenvalue weighted by molar-refractivity contribution is 9.10. The number of anilines is 1. The van der Waals surface area contributed by atoms with Crippen LogP contribution in [0.15, 0.2) is 22.1 Å². The number of hydrogen-bond acceptors (Lipinski definition) is 5. The molecule has 0 saturated carbocycles. The minimum Gasteiger partial charge on any atom is -0.365 e. The molecule has 0 aliphatic carbocycles. The fraction of sp³-hybridized carbons (Fsp3) is 0.273. The molecule has 0 atom stereocenters. The largest absolute Gasteiger partial charge is 0.365 e. The lowest BCUT2D eigenvalue weighted by atomic mass is 10.4. The molecule has 0 radical (unpaired) electrons. The zero-order valence-electron chi connectivity index (χ0n) is 9.94. The van der Waals surface area contributed by atoms with Gasteiger partial charge in [0.1, 0.15) is 4.88 Å². The van der Waals surface area contributed by atoms with E-state index in [9.17, 15) is 4.79 Å². The van der Waals surface area contributed by atoms with Crippen LogP contribution in [0.4, 0.5) is 5.13 Å². The van der Waals surface area contributed by atoms with Gasteiger partial charge < -0.3 is 10.2 Å². The average molecular weight is 346 g/mol. The lowest BCUT2D eigenvalue weighted by Crippen LogP contribution is -2.24. The molecule has 96 valence electrons. The minimum atomic E-state index is -0.00137. The number of thiophene rings is 1. The SMILES string of the molecule is CNc1ncc(C(=O)N(C)Cc2cc(Br)cs2)s1. The molecule has 0 saturated heterocycles.